The molecule has 0 unspecified atom stereocenters. The summed E-state index contributed by atoms with van der Waals surface area (Å²) in [4.78, 5) is 60.4. The molecule has 0 aliphatic heterocycles. The van der Waals surface area contributed by atoms with E-state index in [0.29, 0.717) is 37.3 Å². The quantitative estimate of drug-likeness (QED) is 0.0723. The van der Waals surface area contributed by atoms with Crippen LogP contribution in [0, 0.1) is 17.8 Å². The monoisotopic (exact) mass is 736 g/mol. The summed E-state index contributed by atoms with van der Waals surface area (Å²) in [6, 6.07) is 6.90. The van der Waals surface area contributed by atoms with Gasteiger partial charge in [0.1, 0.15) is 12.1 Å². The van der Waals surface area contributed by atoms with Crippen LogP contribution >= 0.6 is 0 Å². The van der Waals surface area contributed by atoms with Crippen LogP contribution in [0.4, 0.5) is 4.79 Å². The maximum Gasteiger partial charge on any atom is 0.407 e. The number of carbonyl (C=O) groups is 4. The standard InChI is InChI=1S/C41H64N6O6/c1-7-31(28(2)3)24-36(48)33(22-29-16-10-8-11-17-29)45-39(51)35(25-32-26-42-27-43-32)46-38(50)34(23-30-18-12-9-13-19-30)44-37(49)20-14-15-21-53-40(52)47-41(4,5)6/h7,9,12-13,18-19,26-29,31,33-36,48H,1,8,10-11,14-17,20-25H2,2-6H3,(H,42,43)(H,44,49)(H,45,51)(H,46,50)(H,47,52)/t31-,33-,34-,35-,36-/m0/s1. The molecule has 3 rings (SSSR count). The number of aliphatic hydroxyl groups is 1. The van der Waals surface area contributed by atoms with Crippen LogP contribution in [0.3, 0.4) is 0 Å². The van der Waals surface area contributed by atoms with Gasteiger partial charge in [0, 0.05) is 36.7 Å². The summed E-state index contributed by atoms with van der Waals surface area (Å²) in [5.74, 6) is -0.479. The molecule has 2 aromatic rings. The van der Waals surface area contributed by atoms with Crippen LogP contribution in [0.2, 0.25) is 0 Å². The third-order valence-electron chi connectivity index (χ3n) is 9.83. The molecule has 6 N–H and O–H groups in total. The van der Waals surface area contributed by atoms with Gasteiger partial charge in [-0.1, -0.05) is 82.4 Å². The highest BCUT2D eigenvalue weighted by Gasteiger charge is 2.33. The molecule has 0 bridgehead atoms. The Bertz CT molecular complexity index is 1400. The Balaban J connectivity index is 1.74. The first-order valence-electron chi connectivity index (χ1n) is 19.4. The second-order valence-corrected chi connectivity index (χ2v) is 15.9. The Labute approximate surface area is 316 Å². The average Bonchev–Trinajstić information content (AvgIpc) is 3.62. The topological polar surface area (TPSA) is 175 Å². The maximum atomic E-state index is 14.2. The van der Waals surface area contributed by atoms with Gasteiger partial charge in [0.2, 0.25) is 17.7 Å². The first kappa shape index (κ1) is 43.2. The molecule has 12 heteroatoms. The van der Waals surface area contributed by atoms with E-state index in [1.54, 1.807) is 6.20 Å². The molecule has 1 aromatic heterocycles. The van der Waals surface area contributed by atoms with Crippen molar-refractivity contribution in [3.05, 3.63) is 66.8 Å². The summed E-state index contributed by atoms with van der Waals surface area (Å²) in [7, 11) is 0. The van der Waals surface area contributed by atoms with Crippen LogP contribution in [0.25, 0.3) is 0 Å². The highest BCUT2D eigenvalue weighted by molar-refractivity contribution is 5.92. The number of rotatable bonds is 21. The molecule has 53 heavy (non-hydrogen) atoms. The highest BCUT2D eigenvalue weighted by Crippen LogP contribution is 2.30. The molecule has 12 nitrogen and oxygen atoms in total. The van der Waals surface area contributed by atoms with Crippen LogP contribution in [-0.4, -0.2) is 75.3 Å². The number of amides is 4. The van der Waals surface area contributed by atoms with Crippen LogP contribution in [0.1, 0.15) is 110 Å². The van der Waals surface area contributed by atoms with Gasteiger partial charge < -0.3 is 36.1 Å². The summed E-state index contributed by atoms with van der Waals surface area (Å²) in [6.07, 6.45) is 11.8. The van der Waals surface area contributed by atoms with Crippen molar-refractivity contribution in [2.45, 2.75) is 141 Å². The van der Waals surface area contributed by atoms with Crippen molar-refractivity contribution in [1.29, 1.82) is 0 Å². The zero-order valence-electron chi connectivity index (χ0n) is 32.5. The van der Waals surface area contributed by atoms with E-state index < -0.39 is 47.7 Å². The van der Waals surface area contributed by atoms with Crippen molar-refractivity contribution < 1.29 is 29.0 Å². The molecule has 0 radical (unpaired) electrons. The van der Waals surface area contributed by atoms with E-state index in [1.165, 1.54) is 12.7 Å². The molecule has 4 amide bonds. The number of benzene rings is 1. The number of imidazole rings is 1. The summed E-state index contributed by atoms with van der Waals surface area (Å²) < 4.78 is 5.22. The number of ether oxygens (including phenoxy) is 1. The number of alkyl carbamates (subject to hydrolysis) is 1. The zero-order chi connectivity index (χ0) is 38.8. The van der Waals surface area contributed by atoms with Crippen LogP contribution < -0.4 is 21.3 Å². The van der Waals surface area contributed by atoms with E-state index in [2.05, 4.69) is 51.7 Å². The van der Waals surface area contributed by atoms with Crippen LogP contribution in [0.5, 0.6) is 0 Å². The number of allylic oxidation sites excluding steroid dienone is 1. The van der Waals surface area contributed by atoms with E-state index >= 15 is 0 Å². The van der Waals surface area contributed by atoms with Crippen molar-refractivity contribution in [1.82, 2.24) is 31.2 Å². The molecule has 0 spiro atoms. The normalized spacial score (nSPS) is 16.4. The Morgan fingerprint density at radius 3 is 2.28 bits per heavy atom. The zero-order valence-corrected chi connectivity index (χ0v) is 32.5. The Morgan fingerprint density at radius 1 is 0.981 bits per heavy atom. The lowest BCUT2D eigenvalue weighted by molar-refractivity contribution is -0.132. The van der Waals surface area contributed by atoms with Gasteiger partial charge in [-0.3, -0.25) is 14.4 Å². The first-order chi connectivity index (χ1) is 25.2. The SMILES string of the molecule is C=C[C@@H](C[C@H](O)[C@H](CC1CCCCC1)NC(=O)[C@H](Cc1cnc[nH]1)NC(=O)[C@H](Cc1ccccc1)NC(=O)CCCCOC(=O)NC(C)(C)C)C(C)C. The number of hydrogen-bond acceptors (Lipinski definition) is 7. The number of H-pyrrole nitrogens is 1. The number of unbranched alkanes of at least 4 members (excludes halogenated alkanes) is 1. The van der Waals surface area contributed by atoms with Gasteiger partial charge in [-0.25, -0.2) is 9.78 Å². The largest absolute Gasteiger partial charge is 0.450 e. The van der Waals surface area contributed by atoms with Gasteiger partial charge in [-0.05, 0) is 69.8 Å². The van der Waals surface area contributed by atoms with Crippen LogP contribution in [-0.2, 0) is 32.0 Å². The van der Waals surface area contributed by atoms with Crippen molar-refractivity contribution in [3.8, 4) is 0 Å². The summed E-state index contributed by atoms with van der Waals surface area (Å²) in [6.45, 7) is 13.9. The third-order valence-corrected chi connectivity index (χ3v) is 9.83. The predicted octanol–water partition coefficient (Wildman–Crippen LogP) is 5.52. The lowest BCUT2D eigenvalue weighted by atomic mass is 9.81. The second kappa shape index (κ2) is 22.1. The highest BCUT2D eigenvalue weighted by atomic mass is 16.5. The Kier molecular flexibility index (Phi) is 18.0. The fraction of sp³-hybridized carbons (Fsp3) is 0.634. The predicted molar refractivity (Wildman–Crippen MR) is 207 cm³/mol. The Morgan fingerprint density at radius 2 is 1.66 bits per heavy atom. The van der Waals surface area contributed by atoms with E-state index in [0.717, 1.165) is 31.2 Å². The minimum Gasteiger partial charge on any atom is -0.450 e. The van der Waals surface area contributed by atoms with Gasteiger partial charge in [-0.2, -0.15) is 0 Å². The number of aromatic amines is 1. The number of aromatic nitrogens is 2. The molecule has 1 aliphatic rings. The average molecular weight is 737 g/mol. The minimum absolute atomic E-state index is 0.0825. The van der Waals surface area contributed by atoms with E-state index in [4.69, 9.17) is 4.74 Å². The van der Waals surface area contributed by atoms with Gasteiger partial charge in [0.25, 0.3) is 0 Å². The van der Waals surface area contributed by atoms with Crippen molar-refractivity contribution in [2.24, 2.45) is 17.8 Å². The smallest absolute Gasteiger partial charge is 0.407 e. The van der Waals surface area contributed by atoms with Gasteiger partial charge in [-0.15, -0.1) is 6.58 Å². The number of nitrogens with one attached hydrogen (secondary N) is 5. The molecular weight excluding hydrogens is 672 g/mol. The molecule has 294 valence electrons. The van der Waals surface area contributed by atoms with Crippen molar-refractivity contribution in [2.75, 3.05) is 6.61 Å². The van der Waals surface area contributed by atoms with Gasteiger partial charge >= 0.3 is 6.09 Å². The van der Waals surface area contributed by atoms with Gasteiger partial charge in [0.05, 0.1) is 25.1 Å². The third kappa shape index (κ3) is 16.6. The summed E-state index contributed by atoms with van der Waals surface area (Å²) >= 11 is 0. The number of hydrogen-bond donors (Lipinski definition) is 6. The molecule has 1 aromatic carbocycles. The molecular formula is C41H64N6O6. The summed E-state index contributed by atoms with van der Waals surface area (Å²) in [5.41, 5.74) is 1.09. The number of aliphatic hydroxyl groups excluding tert-OH is 1. The number of nitrogens with zero attached hydrogens (tertiary/aromatic N) is 1. The van der Waals surface area contributed by atoms with Gasteiger partial charge in [0.15, 0.2) is 0 Å². The molecule has 5 atom stereocenters. The molecule has 1 aliphatic carbocycles. The van der Waals surface area contributed by atoms with Crippen LogP contribution in [0.15, 0.2) is 55.5 Å². The lowest BCUT2D eigenvalue weighted by Crippen LogP contribution is -2.57. The second-order valence-electron chi connectivity index (χ2n) is 15.9. The van der Waals surface area contributed by atoms with E-state index in [1.807, 2.05) is 57.2 Å². The Hall–Kier alpha value is -4.19. The molecule has 1 saturated carbocycles. The molecule has 1 fully saturated rings. The van der Waals surface area contributed by atoms with E-state index in [-0.39, 0.29) is 43.6 Å². The van der Waals surface area contributed by atoms with E-state index in [9.17, 15) is 24.3 Å². The van der Waals surface area contributed by atoms with Crippen molar-refractivity contribution in [3.63, 3.8) is 0 Å². The maximum absolute atomic E-state index is 14.2. The van der Waals surface area contributed by atoms with Crippen molar-refractivity contribution >= 4 is 23.8 Å². The fourth-order valence-electron chi connectivity index (χ4n) is 6.78. The lowest BCUT2D eigenvalue weighted by Gasteiger charge is -2.33. The molecule has 0 saturated heterocycles. The fourth-order valence-corrected chi connectivity index (χ4v) is 6.78. The minimum atomic E-state index is -1.00. The first-order valence-corrected chi connectivity index (χ1v) is 19.4. The number of carbonyl (C=O) groups excluding carboxylic acids is 4. The molecule has 1 heterocycles. The summed E-state index contributed by atoms with van der Waals surface area (Å²) in [5, 5.41) is 23.2.